The minimum atomic E-state index is -1.15. The zero-order valence-electron chi connectivity index (χ0n) is 11.5. The molecule has 3 rings (SSSR count). The van der Waals surface area contributed by atoms with Crippen LogP contribution in [0.5, 0.6) is 0 Å². The molecular formula is C15H15N3O3. The van der Waals surface area contributed by atoms with E-state index in [0.29, 0.717) is 11.6 Å². The molecule has 1 fully saturated rings. The number of para-hydroxylation sites is 1. The van der Waals surface area contributed by atoms with Gasteiger partial charge in [-0.1, -0.05) is 25.1 Å². The summed E-state index contributed by atoms with van der Waals surface area (Å²) in [5, 5.41) is 16.0. The fourth-order valence-electron chi connectivity index (χ4n) is 2.18. The van der Waals surface area contributed by atoms with Crippen molar-refractivity contribution in [3.8, 4) is 5.69 Å². The van der Waals surface area contributed by atoms with Gasteiger partial charge in [-0.05, 0) is 24.5 Å². The van der Waals surface area contributed by atoms with Crippen molar-refractivity contribution in [2.45, 2.75) is 19.4 Å². The molecule has 2 atom stereocenters. The standard InChI is InChI=1S/C15H15N3O3/c1-9-7-11(9)16-14(19)13-8-12(15(20)21)17-18(13)10-5-3-2-4-6-10/h2-6,8-9,11H,7H2,1H3,(H,16,19)(H,20,21)/t9-,11-/m0/s1. The molecule has 1 heterocycles. The van der Waals surface area contributed by atoms with Crippen LogP contribution in [0.15, 0.2) is 36.4 Å². The Morgan fingerprint density at radius 1 is 1.33 bits per heavy atom. The van der Waals surface area contributed by atoms with Gasteiger partial charge < -0.3 is 10.4 Å². The number of aromatic nitrogens is 2. The molecule has 0 aliphatic heterocycles. The normalized spacial score (nSPS) is 20.0. The van der Waals surface area contributed by atoms with Crippen LogP contribution in [-0.4, -0.2) is 32.8 Å². The maximum absolute atomic E-state index is 12.3. The highest BCUT2D eigenvalue weighted by Gasteiger charge is 2.35. The van der Waals surface area contributed by atoms with E-state index in [1.807, 2.05) is 18.2 Å². The van der Waals surface area contributed by atoms with Crippen LogP contribution < -0.4 is 5.32 Å². The molecule has 1 amide bonds. The van der Waals surface area contributed by atoms with Crippen molar-refractivity contribution in [1.29, 1.82) is 0 Å². The van der Waals surface area contributed by atoms with Gasteiger partial charge in [0.1, 0.15) is 5.69 Å². The van der Waals surface area contributed by atoms with Gasteiger partial charge in [0.2, 0.25) is 0 Å². The molecule has 0 radical (unpaired) electrons. The Morgan fingerprint density at radius 2 is 2.00 bits per heavy atom. The summed E-state index contributed by atoms with van der Waals surface area (Å²) in [6.45, 7) is 2.06. The summed E-state index contributed by atoms with van der Waals surface area (Å²) in [7, 11) is 0. The molecule has 0 bridgehead atoms. The number of rotatable bonds is 4. The summed E-state index contributed by atoms with van der Waals surface area (Å²) in [5.41, 5.74) is 0.740. The van der Waals surface area contributed by atoms with E-state index in [9.17, 15) is 9.59 Å². The zero-order chi connectivity index (χ0) is 15.0. The number of carbonyl (C=O) groups excluding carboxylic acids is 1. The van der Waals surface area contributed by atoms with E-state index in [-0.39, 0.29) is 23.3 Å². The molecule has 0 unspecified atom stereocenters. The number of hydrogen-bond acceptors (Lipinski definition) is 3. The van der Waals surface area contributed by atoms with Crippen LogP contribution in [0, 0.1) is 5.92 Å². The molecule has 1 aromatic carbocycles. The maximum atomic E-state index is 12.3. The second-order valence-electron chi connectivity index (χ2n) is 5.26. The molecule has 1 aromatic heterocycles. The van der Waals surface area contributed by atoms with Gasteiger partial charge in [-0.15, -0.1) is 0 Å². The fourth-order valence-corrected chi connectivity index (χ4v) is 2.18. The summed E-state index contributed by atoms with van der Waals surface area (Å²) in [6.07, 6.45) is 0.955. The first-order valence-electron chi connectivity index (χ1n) is 6.76. The first-order chi connectivity index (χ1) is 10.1. The van der Waals surface area contributed by atoms with E-state index in [2.05, 4.69) is 17.3 Å². The van der Waals surface area contributed by atoms with Gasteiger partial charge >= 0.3 is 5.97 Å². The van der Waals surface area contributed by atoms with Crippen LogP contribution in [0.3, 0.4) is 0 Å². The number of aromatic carboxylic acids is 1. The van der Waals surface area contributed by atoms with Crippen molar-refractivity contribution in [2.75, 3.05) is 0 Å². The van der Waals surface area contributed by atoms with Gasteiger partial charge in [0.25, 0.3) is 5.91 Å². The predicted octanol–water partition coefficient (Wildman–Crippen LogP) is 1.71. The smallest absolute Gasteiger partial charge is 0.356 e. The van der Waals surface area contributed by atoms with E-state index in [0.717, 1.165) is 6.42 Å². The van der Waals surface area contributed by atoms with E-state index < -0.39 is 5.97 Å². The van der Waals surface area contributed by atoms with E-state index >= 15 is 0 Å². The zero-order valence-corrected chi connectivity index (χ0v) is 11.5. The summed E-state index contributed by atoms with van der Waals surface area (Å²) >= 11 is 0. The molecule has 1 saturated carbocycles. The van der Waals surface area contributed by atoms with Crippen LogP contribution >= 0.6 is 0 Å². The molecule has 1 aliphatic carbocycles. The van der Waals surface area contributed by atoms with Crippen molar-refractivity contribution in [2.24, 2.45) is 5.92 Å². The van der Waals surface area contributed by atoms with Crippen molar-refractivity contribution in [1.82, 2.24) is 15.1 Å². The highest BCUT2D eigenvalue weighted by atomic mass is 16.4. The summed E-state index contributed by atoms with van der Waals surface area (Å²) in [6, 6.07) is 10.5. The van der Waals surface area contributed by atoms with Gasteiger partial charge in [0.15, 0.2) is 5.69 Å². The molecule has 6 nitrogen and oxygen atoms in total. The van der Waals surface area contributed by atoms with Gasteiger partial charge in [0.05, 0.1) is 5.69 Å². The highest BCUT2D eigenvalue weighted by Crippen LogP contribution is 2.29. The molecule has 0 saturated heterocycles. The minimum Gasteiger partial charge on any atom is -0.476 e. The number of hydrogen-bond donors (Lipinski definition) is 2. The Bertz CT molecular complexity index is 693. The third-order valence-corrected chi connectivity index (χ3v) is 3.59. The summed E-state index contributed by atoms with van der Waals surface area (Å²) in [4.78, 5) is 23.4. The number of benzene rings is 1. The highest BCUT2D eigenvalue weighted by molar-refractivity contribution is 5.96. The molecule has 1 aliphatic rings. The van der Waals surface area contributed by atoms with Crippen molar-refractivity contribution >= 4 is 11.9 Å². The Balaban J connectivity index is 1.97. The lowest BCUT2D eigenvalue weighted by Crippen LogP contribution is -2.28. The van der Waals surface area contributed by atoms with Crippen LogP contribution in [0.1, 0.15) is 34.3 Å². The van der Waals surface area contributed by atoms with E-state index in [1.54, 1.807) is 12.1 Å². The lowest BCUT2D eigenvalue weighted by molar-refractivity contribution is 0.0689. The van der Waals surface area contributed by atoms with Crippen LogP contribution in [-0.2, 0) is 0 Å². The van der Waals surface area contributed by atoms with Crippen molar-refractivity contribution in [3.05, 3.63) is 47.8 Å². The first kappa shape index (κ1) is 13.4. The van der Waals surface area contributed by atoms with Gasteiger partial charge in [-0.2, -0.15) is 5.10 Å². The number of carbonyl (C=O) groups is 2. The molecule has 21 heavy (non-hydrogen) atoms. The Morgan fingerprint density at radius 3 is 2.57 bits per heavy atom. The van der Waals surface area contributed by atoms with Crippen LogP contribution in [0.25, 0.3) is 5.69 Å². The first-order valence-corrected chi connectivity index (χ1v) is 6.76. The molecular weight excluding hydrogens is 270 g/mol. The SMILES string of the molecule is C[C@H]1C[C@@H]1NC(=O)c1cc(C(=O)O)nn1-c1ccccc1. The molecule has 108 valence electrons. The molecule has 0 spiro atoms. The number of nitrogens with one attached hydrogen (secondary N) is 1. The average molecular weight is 285 g/mol. The molecule has 2 aromatic rings. The predicted molar refractivity (Wildman–Crippen MR) is 75.6 cm³/mol. The Kier molecular flexibility index (Phi) is 3.21. The average Bonchev–Trinajstić information content (AvgIpc) is 3.00. The van der Waals surface area contributed by atoms with Crippen molar-refractivity contribution in [3.63, 3.8) is 0 Å². The third kappa shape index (κ3) is 2.65. The largest absolute Gasteiger partial charge is 0.476 e. The van der Waals surface area contributed by atoms with E-state index in [4.69, 9.17) is 5.11 Å². The lowest BCUT2D eigenvalue weighted by atomic mass is 10.3. The number of carboxylic acids is 1. The lowest BCUT2D eigenvalue weighted by Gasteiger charge is -2.07. The third-order valence-electron chi connectivity index (χ3n) is 3.59. The Labute approximate surface area is 121 Å². The summed E-state index contributed by atoms with van der Waals surface area (Å²) in [5.74, 6) is -0.979. The maximum Gasteiger partial charge on any atom is 0.356 e. The molecule has 2 N–H and O–H groups in total. The number of amides is 1. The van der Waals surface area contributed by atoms with Gasteiger partial charge in [-0.3, -0.25) is 4.79 Å². The van der Waals surface area contributed by atoms with Gasteiger partial charge in [-0.25, -0.2) is 9.48 Å². The van der Waals surface area contributed by atoms with E-state index in [1.165, 1.54) is 10.7 Å². The second kappa shape index (κ2) is 5.05. The summed E-state index contributed by atoms with van der Waals surface area (Å²) < 4.78 is 1.37. The Hall–Kier alpha value is -2.63. The monoisotopic (exact) mass is 285 g/mol. The second-order valence-corrected chi connectivity index (χ2v) is 5.26. The quantitative estimate of drug-likeness (QED) is 0.895. The van der Waals surface area contributed by atoms with Crippen molar-refractivity contribution < 1.29 is 14.7 Å². The number of carboxylic acid groups (broad SMARTS) is 1. The minimum absolute atomic E-state index is 0.146. The van der Waals surface area contributed by atoms with Crippen LogP contribution in [0.2, 0.25) is 0 Å². The number of nitrogens with zero attached hydrogens (tertiary/aromatic N) is 2. The van der Waals surface area contributed by atoms with Gasteiger partial charge in [0, 0.05) is 12.1 Å². The topological polar surface area (TPSA) is 84.2 Å². The fraction of sp³-hybridized carbons (Fsp3) is 0.267. The van der Waals surface area contributed by atoms with Crippen LogP contribution in [0.4, 0.5) is 0 Å². The molecule has 6 heteroatoms.